The van der Waals surface area contributed by atoms with Crippen LogP contribution >= 0.6 is 0 Å². The van der Waals surface area contributed by atoms with Gasteiger partial charge in [0.1, 0.15) is 11.1 Å². The van der Waals surface area contributed by atoms with Crippen molar-refractivity contribution < 1.29 is 13.9 Å². The SMILES string of the molecule is CC(C)OCCCCCCNC(=O)c1cc2cc3c4c(c2oc1=O)CCCN4CCC3. The number of aryl methyl sites for hydroxylation is 2. The summed E-state index contributed by atoms with van der Waals surface area (Å²) in [5.74, 6) is -0.341. The summed E-state index contributed by atoms with van der Waals surface area (Å²) in [4.78, 5) is 27.7. The maximum Gasteiger partial charge on any atom is 0.349 e. The molecule has 0 radical (unpaired) electrons. The zero-order chi connectivity index (χ0) is 21.8. The predicted molar refractivity (Wildman–Crippen MR) is 123 cm³/mol. The minimum absolute atomic E-state index is 0.105. The first kappa shape index (κ1) is 21.9. The molecule has 3 heterocycles. The number of hydrogen-bond donors (Lipinski definition) is 1. The van der Waals surface area contributed by atoms with Crippen LogP contribution in [0.2, 0.25) is 0 Å². The Bertz CT molecular complexity index is 993. The Morgan fingerprint density at radius 3 is 2.71 bits per heavy atom. The Kier molecular flexibility index (Phi) is 6.96. The van der Waals surface area contributed by atoms with Gasteiger partial charge in [0.15, 0.2) is 0 Å². The Morgan fingerprint density at radius 1 is 1.13 bits per heavy atom. The molecule has 1 N–H and O–H groups in total. The minimum atomic E-state index is -0.542. The fraction of sp³-hybridized carbons (Fsp3) is 0.600. The number of carbonyl (C=O) groups excluding carboxylic acids is 1. The van der Waals surface area contributed by atoms with Crippen LogP contribution in [0.4, 0.5) is 5.69 Å². The molecule has 0 aliphatic carbocycles. The first-order valence-corrected chi connectivity index (χ1v) is 11.8. The molecule has 2 aromatic rings. The highest BCUT2D eigenvalue weighted by atomic mass is 16.5. The maximum atomic E-state index is 12.6. The number of rotatable bonds is 9. The second-order valence-electron chi connectivity index (χ2n) is 9.01. The highest BCUT2D eigenvalue weighted by Gasteiger charge is 2.27. The fourth-order valence-corrected chi connectivity index (χ4v) is 4.80. The number of ether oxygens (including phenoxy) is 1. The van der Waals surface area contributed by atoms with Gasteiger partial charge < -0.3 is 19.4 Å². The summed E-state index contributed by atoms with van der Waals surface area (Å²) in [6, 6.07) is 3.84. The molecule has 0 spiro atoms. The van der Waals surface area contributed by atoms with E-state index in [4.69, 9.17) is 9.15 Å². The summed E-state index contributed by atoms with van der Waals surface area (Å²) >= 11 is 0. The molecule has 0 saturated carbocycles. The Balaban J connectivity index is 1.40. The van der Waals surface area contributed by atoms with Gasteiger partial charge in [0, 0.05) is 42.9 Å². The van der Waals surface area contributed by atoms with E-state index in [1.807, 2.05) is 13.8 Å². The Morgan fingerprint density at radius 2 is 1.90 bits per heavy atom. The van der Waals surface area contributed by atoms with Crippen LogP contribution in [-0.2, 0) is 17.6 Å². The normalized spacial score (nSPS) is 15.4. The van der Waals surface area contributed by atoms with Crippen molar-refractivity contribution in [2.75, 3.05) is 31.1 Å². The monoisotopic (exact) mass is 426 g/mol. The van der Waals surface area contributed by atoms with Crippen molar-refractivity contribution in [3.05, 3.63) is 39.2 Å². The molecule has 0 saturated heterocycles. The molecule has 2 aliphatic heterocycles. The van der Waals surface area contributed by atoms with E-state index in [-0.39, 0.29) is 17.6 Å². The van der Waals surface area contributed by atoms with Crippen LogP contribution in [0.25, 0.3) is 11.0 Å². The van der Waals surface area contributed by atoms with Gasteiger partial charge in [-0.25, -0.2) is 4.79 Å². The zero-order valence-electron chi connectivity index (χ0n) is 18.8. The molecule has 0 unspecified atom stereocenters. The van der Waals surface area contributed by atoms with Gasteiger partial charge in [-0.3, -0.25) is 4.79 Å². The highest BCUT2D eigenvalue weighted by molar-refractivity contribution is 5.98. The molecule has 168 valence electrons. The summed E-state index contributed by atoms with van der Waals surface area (Å²) in [5, 5.41) is 3.75. The van der Waals surface area contributed by atoms with Gasteiger partial charge in [-0.15, -0.1) is 0 Å². The Hall–Kier alpha value is -2.34. The molecule has 6 heteroatoms. The lowest BCUT2D eigenvalue weighted by Gasteiger charge is -2.37. The van der Waals surface area contributed by atoms with E-state index < -0.39 is 5.63 Å². The van der Waals surface area contributed by atoms with Crippen molar-refractivity contribution in [3.8, 4) is 0 Å². The highest BCUT2D eigenvalue weighted by Crippen LogP contribution is 2.39. The van der Waals surface area contributed by atoms with Crippen molar-refractivity contribution in [3.63, 3.8) is 0 Å². The molecule has 1 aromatic heterocycles. The maximum absolute atomic E-state index is 12.6. The summed E-state index contributed by atoms with van der Waals surface area (Å²) in [6.45, 7) is 7.56. The van der Waals surface area contributed by atoms with Crippen LogP contribution < -0.4 is 15.8 Å². The van der Waals surface area contributed by atoms with Crippen LogP contribution in [0.15, 0.2) is 21.3 Å². The first-order valence-electron chi connectivity index (χ1n) is 11.8. The molecule has 31 heavy (non-hydrogen) atoms. The van der Waals surface area contributed by atoms with E-state index in [2.05, 4.69) is 16.3 Å². The molecule has 2 aliphatic rings. The number of hydrogen-bond acceptors (Lipinski definition) is 5. The van der Waals surface area contributed by atoms with Crippen LogP contribution in [0.1, 0.15) is 73.9 Å². The van der Waals surface area contributed by atoms with Crippen LogP contribution in [0.5, 0.6) is 0 Å². The number of fused-ring (bicyclic) bond motifs is 2. The summed E-state index contributed by atoms with van der Waals surface area (Å²) in [7, 11) is 0. The summed E-state index contributed by atoms with van der Waals surface area (Å²) in [5.41, 5.74) is 3.95. The van der Waals surface area contributed by atoms with Crippen LogP contribution in [0, 0.1) is 0 Å². The van der Waals surface area contributed by atoms with E-state index >= 15 is 0 Å². The van der Waals surface area contributed by atoms with Gasteiger partial charge in [-0.1, -0.05) is 12.8 Å². The van der Waals surface area contributed by atoms with Crippen molar-refractivity contribution in [1.29, 1.82) is 0 Å². The largest absolute Gasteiger partial charge is 0.422 e. The van der Waals surface area contributed by atoms with Crippen molar-refractivity contribution in [2.45, 2.75) is 71.3 Å². The molecule has 6 nitrogen and oxygen atoms in total. The van der Waals surface area contributed by atoms with E-state index in [1.165, 1.54) is 11.3 Å². The number of amides is 1. The van der Waals surface area contributed by atoms with Crippen molar-refractivity contribution in [2.24, 2.45) is 0 Å². The average Bonchev–Trinajstić information content (AvgIpc) is 2.75. The van der Waals surface area contributed by atoms with E-state index in [1.54, 1.807) is 6.07 Å². The molecule has 0 bridgehead atoms. The van der Waals surface area contributed by atoms with E-state index in [9.17, 15) is 9.59 Å². The number of carbonyl (C=O) groups is 1. The molecular weight excluding hydrogens is 392 g/mol. The zero-order valence-corrected chi connectivity index (χ0v) is 18.8. The second kappa shape index (κ2) is 9.86. The third-order valence-corrected chi connectivity index (χ3v) is 6.27. The first-order chi connectivity index (χ1) is 15.0. The van der Waals surface area contributed by atoms with Crippen molar-refractivity contribution in [1.82, 2.24) is 5.32 Å². The van der Waals surface area contributed by atoms with Crippen molar-refractivity contribution >= 4 is 22.6 Å². The molecule has 0 atom stereocenters. The quantitative estimate of drug-likeness (QED) is 0.480. The lowest BCUT2D eigenvalue weighted by molar-refractivity contribution is 0.0756. The third kappa shape index (κ3) is 4.95. The van der Waals surface area contributed by atoms with Gasteiger partial charge in [-0.2, -0.15) is 0 Å². The van der Waals surface area contributed by atoms with Gasteiger partial charge in [-0.05, 0) is 70.1 Å². The fourth-order valence-electron chi connectivity index (χ4n) is 4.80. The van der Waals surface area contributed by atoms with Gasteiger partial charge in [0.25, 0.3) is 5.91 Å². The smallest absolute Gasteiger partial charge is 0.349 e. The average molecular weight is 427 g/mol. The number of anilines is 1. The topological polar surface area (TPSA) is 71.8 Å². The number of unbranched alkanes of at least 4 members (excludes halogenated alkanes) is 3. The molecular formula is C25H34N2O4. The van der Waals surface area contributed by atoms with E-state index in [0.29, 0.717) is 12.1 Å². The molecule has 4 rings (SSSR count). The molecule has 1 amide bonds. The van der Waals surface area contributed by atoms with E-state index in [0.717, 1.165) is 82.0 Å². The third-order valence-electron chi connectivity index (χ3n) is 6.27. The number of benzene rings is 1. The predicted octanol–water partition coefficient (Wildman–Crippen LogP) is 4.21. The lowest BCUT2D eigenvalue weighted by Crippen LogP contribution is -2.34. The summed E-state index contributed by atoms with van der Waals surface area (Å²) < 4.78 is 11.3. The summed E-state index contributed by atoms with van der Waals surface area (Å²) in [6.07, 6.45) is 8.48. The minimum Gasteiger partial charge on any atom is -0.422 e. The van der Waals surface area contributed by atoms with Crippen LogP contribution in [0.3, 0.4) is 0 Å². The molecule has 1 aromatic carbocycles. The van der Waals surface area contributed by atoms with Gasteiger partial charge >= 0.3 is 5.63 Å². The van der Waals surface area contributed by atoms with Gasteiger partial charge in [0.2, 0.25) is 0 Å². The molecule has 0 fully saturated rings. The second-order valence-corrected chi connectivity index (χ2v) is 9.01. The van der Waals surface area contributed by atoms with Gasteiger partial charge in [0.05, 0.1) is 6.10 Å². The Labute approximate surface area is 183 Å². The lowest BCUT2D eigenvalue weighted by atomic mass is 9.90. The number of nitrogens with one attached hydrogen (secondary N) is 1. The standard InChI is InChI=1S/C25H34N2O4/c1-17(2)30-14-6-4-3-5-11-26-24(28)21-16-19-15-18-9-7-12-27-13-8-10-20(22(18)27)23(19)31-25(21)29/h15-17H,3-14H2,1-2H3,(H,26,28). The number of nitrogens with zero attached hydrogens (tertiary/aromatic N) is 1. The van der Waals surface area contributed by atoms with Crippen LogP contribution in [-0.4, -0.2) is 38.3 Å².